The van der Waals surface area contributed by atoms with E-state index in [2.05, 4.69) is 28.7 Å². The van der Waals surface area contributed by atoms with E-state index < -0.39 is 10.0 Å². The van der Waals surface area contributed by atoms with Crippen LogP contribution in [0.3, 0.4) is 0 Å². The first kappa shape index (κ1) is 21.1. The Morgan fingerprint density at radius 1 is 1.00 bits per heavy atom. The summed E-state index contributed by atoms with van der Waals surface area (Å²) >= 11 is 0. The van der Waals surface area contributed by atoms with E-state index in [4.69, 9.17) is 0 Å². The molecule has 2 aromatic carbocycles. The van der Waals surface area contributed by atoms with E-state index in [1.54, 1.807) is 0 Å². The van der Waals surface area contributed by atoms with Crippen molar-refractivity contribution in [3.05, 3.63) is 71.1 Å². The zero-order valence-electron chi connectivity index (χ0n) is 16.6. The summed E-state index contributed by atoms with van der Waals surface area (Å²) in [4.78, 5) is 16.5. The molecule has 0 aliphatic carbocycles. The minimum absolute atomic E-state index is 0.0239. The highest BCUT2D eigenvalue weighted by atomic mass is 32.2. The topological polar surface area (TPSA) is 69.7 Å². The van der Waals surface area contributed by atoms with Crippen LogP contribution in [0.4, 0.5) is 5.69 Å². The van der Waals surface area contributed by atoms with E-state index in [1.807, 2.05) is 47.4 Å². The molecular formula is C22H27N3O3S. The number of para-hydroxylation sites is 1. The maximum absolute atomic E-state index is 12.4. The van der Waals surface area contributed by atoms with Gasteiger partial charge in [0.1, 0.15) is 0 Å². The van der Waals surface area contributed by atoms with Crippen molar-refractivity contribution >= 4 is 27.7 Å². The van der Waals surface area contributed by atoms with Crippen LogP contribution in [-0.2, 0) is 14.8 Å². The Morgan fingerprint density at radius 2 is 1.66 bits per heavy atom. The van der Waals surface area contributed by atoms with Gasteiger partial charge in [0.2, 0.25) is 15.9 Å². The highest BCUT2D eigenvalue weighted by molar-refractivity contribution is 7.92. The van der Waals surface area contributed by atoms with Gasteiger partial charge in [0.05, 0.1) is 0 Å². The Bertz CT molecular complexity index is 950. The monoisotopic (exact) mass is 413 g/mol. The number of carbonyl (C=O) groups excluding carboxylic acids is 1. The van der Waals surface area contributed by atoms with Gasteiger partial charge in [-0.3, -0.25) is 4.79 Å². The highest BCUT2D eigenvalue weighted by Gasteiger charge is 2.22. The minimum Gasteiger partial charge on any atom is -0.368 e. The summed E-state index contributed by atoms with van der Waals surface area (Å²) in [6.45, 7) is 5.04. The van der Waals surface area contributed by atoms with Crippen LogP contribution >= 0.6 is 0 Å². The van der Waals surface area contributed by atoms with Gasteiger partial charge in [-0.1, -0.05) is 48.5 Å². The molecule has 1 aliphatic rings. The molecule has 29 heavy (non-hydrogen) atoms. The third-order valence-electron chi connectivity index (χ3n) is 4.97. The van der Waals surface area contributed by atoms with E-state index in [0.717, 1.165) is 24.1 Å². The quantitative estimate of drug-likeness (QED) is 0.758. The zero-order valence-corrected chi connectivity index (χ0v) is 17.4. The molecule has 6 nitrogen and oxygen atoms in total. The van der Waals surface area contributed by atoms with Crippen LogP contribution in [0.1, 0.15) is 17.5 Å². The first-order valence-electron chi connectivity index (χ1n) is 9.76. The molecule has 1 saturated heterocycles. The molecular weight excluding hydrogens is 386 g/mol. The van der Waals surface area contributed by atoms with Gasteiger partial charge in [0.15, 0.2) is 0 Å². The number of carbonyl (C=O) groups is 1. The minimum atomic E-state index is -3.57. The lowest BCUT2D eigenvalue weighted by Crippen LogP contribution is -2.49. The summed E-state index contributed by atoms with van der Waals surface area (Å²) in [5.74, 6) is -0.0239. The van der Waals surface area contributed by atoms with Crippen molar-refractivity contribution in [2.45, 2.75) is 13.3 Å². The molecule has 1 amide bonds. The molecule has 3 rings (SSSR count). The molecule has 0 bridgehead atoms. The molecule has 1 fully saturated rings. The normalized spacial score (nSPS) is 15.1. The van der Waals surface area contributed by atoms with E-state index in [1.165, 1.54) is 17.3 Å². The molecule has 1 heterocycles. The molecule has 7 heteroatoms. The van der Waals surface area contributed by atoms with Gasteiger partial charge in [-0.2, -0.15) is 0 Å². The van der Waals surface area contributed by atoms with Gasteiger partial charge in [0.25, 0.3) is 0 Å². The van der Waals surface area contributed by atoms with Crippen LogP contribution in [0, 0.1) is 6.92 Å². The van der Waals surface area contributed by atoms with Crippen molar-refractivity contribution in [1.82, 2.24) is 9.62 Å². The number of hydrogen-bond donors (Lipinski definition) is 1. The third-order valence-corrected chi connectivity index (χ3v) is 6.07. The Morgan fingerprint density at radius 3 is 2.34 bits per heavy atom. The van der Waals surface area contributed by atoms with Gasteiger partial charge < -0.3 is 9.80 Å². The smallest absolute Gasteiger partial charge is 0.233 e. The first-order chi connectivity index (χ1) is 13.9. The molecule has 1 N–H and O–H groups in total. The standard InChI is InChI=1S/C22H27N3O3S/c1-19-7-5-6-10-21(19)24-14-16-25(17-15-24)22(26)11-13-23-29(27,28)18-12-20-8-3-2-4-9-20/h2-10,12,18,23H,11,13-17H2,1H3/b18-12+. The Hall–Kier alpha value is -2.64. The Kier molecular flexibility index (Phi) is 7.06. The summed E-state index contributed by atoms with van der Waals surface area (Å²) in [5.41, 5.74) is 3.24. The van der Waals surface area contributed by atoms with Gasteiger partial charge in [-0.15, -0.1) is 0 Å². The van der Waals surface area contributed by atoms with Crippen LogP contribution in [0.15, 0.2) is 60.0 Å². The molecule has 0 aromatic heterocycles. The maximum Gasteiger partial charge on any atom is 0.233 e. The second kappa shape index (κ2) is 9.71. The van der Waals surface area contributed by atoms with Gasteiger partial charge in [0, 0.05) is 50.2 Å². The lowest BCUT2D eigenvalue weighted by Gasteiger charge is -2.36. The van der Waals surface area contributed by atoms with Crippen LogP contribution in [0.25, 0.3) is 6.08 Å². The fourth-order valence-electron chi connectivity index (χ4n) is 3.35. The number of piperazine rings is 1. The van der Waals surface area contributed by atoms with Crippen LogP contribution in [0.2, 0.25) is 0 Å². The summed E-state index contributed by atoms with van der Waals surface area (Å²) < 4.78 is 26.6. The predicted octanol–water partition coefficient (Wildman–Crippen LogP) is 2.62. The van der Waals surface area contributed by atoms with Crippen molar-refractivity contribution in [3.8, 4) is 0 Å². The Balaban J connectivity index is 1.43. The van der Waals surface area contributed by atoms with E-state index in [0.29, 0.717) is 13.1 Å². The average molecular weight is 414 g/mol. The van der Waals surface area contributed by atoms with Crippen molar-refractivity contribution < 1.29 is 13.2 Å². The number of nitrogens with zero attached hydrogens (tertiary/aromatic N) is 2. The largest absolute Gasteiger partial charge is 0.368 e. The van der Waals surface area contributed by atoms with E-state index >= 15 is 0 Å². The van der Waals surface area contributed by atoms with Gasteiger partial charge in [-0.05, 0) is 30.2 Å². The molecule has 0 spiro atoms. The van der Waals surface area contributed by atoms with Crippen LogP contribution < -0.4 is 9.62 Å². The van der Waals surface area contributed by atoms with E-state index in [9.17, 15) is 13.2 Å². The number of benzene rings is 2. The molecule has 0 unspecified atom stereocenters. The molecule has 1 aliphatic heterocycles. The number of rotatable bonds is 7. The number of sulfonamides is 1. The second-order valence-corrected chi connectivity index (χ2v) is 8.71. The molecule has 0 atom stereocenters. The second-order valence-electron chi connectivity index (χ2n) is 7.06. The summed E-state index contributed by atoms with van der Waals surface area (Å²) in [5, 5.41) is 1.13. The Labute approximate surface area is 172 Å². The number of aryl methyl sites for hydroxylation is 1. The van der Waals surface area contributed by atoms with E-state index in [-0.39, 0.29) is 18.9 Å². The number of anilines is 1. The lowest BCUT2D eigenvalue weighted by molar-refractivity contribution is -0.131. The average Bonchev–Trinajstić information content (AvgIpc) is 2.73. The maximum atomic E-state index is 12.4. The fraction of sp³-hybridized carbons (Fsp3) is 0.318. The number of nitrogens with one attached hydrogen (secondary N) is 1. The van der Waals surface area contributed by atoms with Crippen molar-refractivity contribution in [3.63, 3.8) is 0 Å². The van der Waals surface area contributed by atoms with Crippen molar-refractivity contribution in [2.75, 3.05) is 37.6 Å². The molecule has 0 saturated carbocycles. The van der Waals surface area contributed by atoms with Crippen molar-refractivity contribution in [2.24, 2.45) is 0 Å². The van der Waals surface area contributed by atoms with Crippen molar-refractivity contribution in [1.29, 1.82) is 0 Å². The molecule has 0 radical (unpaired) electrons. The van der Waals surface area contributed by atoms with Crippen LogP contribution in [-0.4, -0.2) is 51.9 Å². The van der Waals surface area contributed by atoms with Gasteiger partial charge in [-0.25, -0.2) is 13.1 Å². The number of hydrogen-bond acceptors (Lipinski definition) is 4. The zero-order chi connectivity index (χ0) is 20.7. The number of amides is 1. The summed E-state index contributed by atoms with van der Waals surface area (Å²) in [6.07, 6.45) is 1.69. The highest BCUT2D eigenvalue weighted by Crippen LogP contribution is 2.20. The fourth-order valence-corrected chi connectivity index (χ4v) is 4.17. The third kappa shape index (κ3) is 6.17. The SMILES string of the molecule is Cc1ccccc1N1CCN(C(=O)CCNS(=O)(=O)/C=C/c2ccccc2)CC1. The molecule has 154 valence electrons. The van der Waals surface area contributed by atoms with Crippen LogP contribution in [0.5, 0.6) is 0 Å². The lowest BCUT2D eigenvalue weighted by atomic mass is 10.1. The summed E-state index contributed by atoms with van der Waals surface area (Å²) in [6, 6.07) is 17.5. The summed E-state index contributed by atoms with van der Waals surface area (Å²) in [7, 11) is -3.57. The predicted molar refractivity (Wildman–Crippen MR) is 117 cm³/mol. The molecule has 2 aromatic rings. The first-order valence-corrected chi connectivity index (χ1v) is 11.3. The van der Waals surface area contributed by atoms with Gasteiger partial charge >= 0.3 is 0 Å².